The monoisotopic (exact) mass is 511 g/mol. The van der Waals surface area contributed by atoms with Crippen LogP contribution in [0, 0.1) is 6.92 Å². The molecule has 8 nitrogen and oxygen atoms in total. The SMILES string of the molecule is Cc1ccc(N(C(=O)c2snc(C(N)=O)c2N)[C@@H](C(=O)NC2CCCC2)c2ccc(Cl)cc2)cc1. The molecule has 0 bridgehead atoms. The Kier molecular flexibility index (Phi) is 7.37. The average molecular weight is 512 g/mol. The number of hydrogen-bond donors (Lipinski definition) is 3. The van der Waals surface area contributed by atoms with Crippen LogP contribution in [0.5, 0.6) is 0 Å². The lowest BCUT2D eigenvalue weighted by molar-refractivity contribution is -0.123. The number of nitrogens with one attached hydrogen (secondary N) is 1. The third-order valence-corrected chi connectivity index (χ3v) is 7.18. The molecule has 1 atom stereocenters. The fourth-order valence-corrected chi connectivity index (χ4v) is 5.11. The van der Waals surface area contributed by atoms with E-state index in [4.69, 9.17) is 23.1 Å². The maximum Gasteiger partial charge on any atom is 0.273 e. The lowest BCUT2D eigenvalue weighted by atomic mass is 10.0. The first-order valence-electron chi connectivity index (χ1n) is 11.3. The number of anilines is 2. The molecule has 0 saturated heterocycles. The van der Waals surface area contributed by atoms with Gasteiger partial charge in [-0.2, -0.15) is 4.37 Å². The number of aryl methyl sites for hydroxylation is 1. The van der Waals surface area contributed by atoms with Gasteiger partial charge in [0.25, 0.3) is 11.8 Å². The number of primary amides is 1. The lowest BCUT2D eigenvalue weighted by Gasteiger charge is -2.32. The second-order valence-electron chi connectivity index (χ2n) is 8.59. The normalized spacial score (nSPS) is 14.5. The number of nitrogens with two attached hydrogens (primary N) is 2. The van der Waals surface area contributed by atoms with E-state index in [2.05, 4.69) is 9.69 Å². The van der Waals surface area contributed by atoms with E-state index in [0.717, 1.165) is 42.8 Å². The number of nitrogen functional groups attached to an aromatic ring is 1. The average Bonchev–Trinajstić information content (AvgIpc) is 3.48. The molecule has 5 N–H and O–H groups in total. The van der Waals surface area contributed by atoms with Crippen LogP contribution in [-0.4, -0.2) is 28.1 Å². The number of carbonyl (C=O) groups is 3. The number of hydrogen-bond acceptors (Lipinski definition) is 6. The van der Waals surface area contributed by atoms with E-state index in [1.807, 2.05) is 19.1 Å². The van der Waals surface area contributed by atoms with E-state index in [0.29, 0.717) is 16.3 Å². The van der Waals surface area contributed by atoms with Gasteiger partial charge in [0.15, 0.2) is 5.69 Å². The summed E-state index contributed by atoms with van der Waals surface area (Å²) in [6, 6.07) is 13.1. The van der Waals surface area contributed by atoms with Crippen LogP contribution in [0.1, 0.15) is 63.0 Å². The van der Waals surface area contributed by atoms with E-state index < -0.39 is 17.9 Å². The highest BCUT2D eigenvalue weighted by molar-refractivity contribution is 7.09. The number of aromatic nitrogens is 1. The first kappa shape index (κ1) is 24.7. The van der Waals surface area contributed by atoms with Crippen LogP contribution in [0.2, 0.25) is 5.02 Å². The summed E-state index contributed by atoms with van der Waals surface area (Å²) in [6.07, 6.45) is 3.87. The van der Waals surface area contributed by atoms with Crippen LogP contribution in [0.3, 0.4) is 0 Å². The molecule has 2 aromatic carbocycles. The number of rotatable bonds is 7. The Bertz CT molecular complexity index is 1240. The summed E-state index contributed by atoms with van der Waals surface area (Å²) in [4.78, 5) is 40.8. The molecule has 1 aliphatic carbocycles. The van der Waals surface area contributed by atoms with Gasteiger partial charge < -0.3 is 16.8 Å². The molecule has 1 saturated carbocycles. The second-order valence-corrected chi connectivity index (χ2v) is 9.80. The maximum atomic E-state index is 14.0. The fourth-order valence-electron chi connectivity index (χ4n) is 4.24. The van der Waals surface area contributed by atoms with Crippen LogP contribution in [0.15, 0.2) is 48.5 Å². The van der Waals surface area contributed by atoms with Crippen molar-refractivity contribution < 1.29 is 14.4 Å². The van der Waals surface area contributed by atoms with Crippen LogP contribution in [0.25, 0.3) is 0 Å². The van der Waals surface area contributed by atoms with E-state index in [1.54, 1.807) is 36.4 Å². The van der Waals surface area contributed by atoms with Gasteiger partial charge >= 0.3 is 0 Å². The molecule has 1 aliphatic rings. The predicted octanol–water partition coefficient (Wildman–Crippen LogP) is 4.23. The highest BCUT2D eigenvalue weighted by Gasteiger charge is 2.37. The van der Waals surface area contributed by atoms with Gasteiger partial charge in [-0.15, -0.1) is 0 Å². The summed E-state index contributed by atoms with van der Waals surface area (Å²) >= 11 is 6.89. The maximum absolute atomic E-state index is 14.0. The van der Waals surface area contributed by atoms with Crippen LogP contribution in [0.4, 0.5) is 11.4 Å². The van der Waals surface area contributed by atoms with Crippen molar-refractivity contribution in [1.82, 2.24) is 9.69 Å². The molecule has 0 radical (unpaired) electrons. The Morgan fingerprint density at radius 2 is 1.71 bits per heavy atom. The van der Waals surface area contributed by atoms with E-state index in [9.17, 15) is 14.4 Å². The zero-order valence-electron chi connectivity index (χ0n) is 19.2. The Hall–Kier alpha value is -3.43. The summed E-state index contributed by atoms with van der Waals surface area (Å²) in [5.74, 6) is -1.70. The van der Waals surface area contributed by atoms with Gasteiger partial charge in [-0.25, -0.2) is 0 Å². The minimum absolute atomic E-state index is 0.0343. The van der Waals surface area contributed by atoms with E-state index in [-0.39, 0.29) is 28.2 Å². The second kappa shape index (κ2) is 10.5. The third-order valence-electron chi connectivity index (χ3n) is 6.08. The minimum atomic E-state index is -1.01. The summed E-state index contributed by atoms with van der Waals surface area (Å²) < 4.78 is 3.97. The quantitative estimate of drug-likeness (QED) is 0.436. The first-order chi connectivity index (χ1) is 16.8. The van der Waals surface area contributed by atoms with Gasteiger partial charge in [-0.1, -0.05) is 54.3 Å². The molecule has 182 valence electrons. The summed E-state index contributed by atoms with van der Waals surface area (Å²) in [7, 11) is 0. The van der Waals surface area contributed by atoms with Crippen LogP contribution in [-0.2, 0) is 4.79 Å². The fraction of sp³-hybridized carbons (Fsp3) is 0.280. The van der Waals surface area contributed by atoms with E-state index >= 15 is 0 Å². The van der Waals surface area contributed by atoms with Gasteiger partial charge in [0, 0.05) is 16.8 Å². The Morgan fingerprint density at radius 1 is 1.09 bits per heavy atom. The van der Waals surface area contributed by atoms with E-state index in [1.165, 1.54) is 4.90 Å². The molecule has 4 rings (SSSR count). The number of benzene rings is 2. The van der Waals surface area contributed by atoms with Crippen molar-refractivity contribution in [3.63, 3.8) is 0 Å². The van der Waals surface area contributed by atoms with Crippen LogP contribution < -0.4 is 21.7 Å². The topological polar surface area (TPSA) is 131 Å². The highest BCUT2D eigenvalue weighted by Crippen LogP contribution is 2.34. The van der Waals surface area contributed by atoms with Gasteiger partial charge in [0.1, 0.15) is 10.9 Å². The highest BCUT2D eigenvalue weighted by atomic mass is 35.5. The van der Waals surface area contributed by atoms with Crippen LogP contribution >= 0.6 is 23.1 Å². The zero-order chi connectivity index (χ0) is 25.1. The number of halogens is 1. The number of amides is 3. The van der Waals surface area contributed by atoms with Crippen molar-refractivity contribution in [2.24, 2.45) is 5.73 Å². The van der Waals surface area contributed by atoms with Crippen molar-refractivity contribution in [2.75, 3.05) is 10.6 Å². The lowest BCUT2D eigenvalue weighted by Crippen LogP contribution is -2.46. The molecule has 3 amide bonds. The summed E-state index contributed by atoms with van der Waals surface area (Å²) in [6.45, 7) is 1.93. The summed E-state index contributed by atoms with van der Waals surface area (Å²) in [5, 5.41) is 3.62. The Balaban J connectivity index is 1.84. The number of carbonyl (C=O) groups excluding carboxylic acids is 3. The molecule has 1 heterocycles. The van der Waals surface area contributed by atoms with Crippen molar-refractivity contribution in [3.8, 4) is 0 Å². The van der Waals surface area contributed by atoms with Gasteiger partial charge in [-0.3, -0.25) is 19.3 Å². The molecule has 10 heteroatoms. The molecule has 0 unspecified atom stereocenters. The predicted molar refractivity (Wildman–Crippen MR) is 138 cm³/mol. The molecule has 1 aromatic heterocycles. The number of nitrogens with zero attached hydrogens (tertiary/aromatic N) is 2. The van der Waals surface area contributed by atoms with Gasteiger partial charge in [0.05, 0.1) is 5.69 Å². The van der Waals surface area contributed by atoms with Gasteiger partial charge in [-0.05, 0) is 61.1 Å². The molecule has 35 heavy (non-hydrogen) atoms. The molecular formula is C25H26ClN5O3S. The molecule has 1 fully saturated rings. The van der Waals surface area contributed by atoms with Gasteiger partial charge in [0.2, 0.25) is 5.91 Å². The first-order valence-corrected chi connectivity index (χ1v) is 12.4. The minimum Gasteiger partial charge on any atom is -0.395 e. The standard InChI is InChI=1S/C25H26ClN5O3S/c1-14-6-12-18(13-7-14)31(25(34)22-19(27)20(23(28)32)30-35-22)21(15-8-10-16(26)11-9-15)24(33)29-17-4-2-3-5-17/h6-13,17,21H,2-5,27H2,1H3,(H2,28,32)(H,29,33)/t21-/m1/s1. The largest absolute Gasteiger partial charge is 0.395 e. The van der Waals surface area contributed by atoms with Crippen molar-refractivity contribution in [2.45, 2.75) is 44.7 Å². The smallest absolute Gasteiger partial charge is 0.273 e. The molecule has 3 aromatic rings. The molecular weight excluding hydrogens is 486 g/mol. The Labute approximate surface area is 212 Å². The molecule has 0 spiro atoms. The third kappa shape index (κ3) is 5.31. The van der Waals surface area contributed by atoms with Crippen molar-refractivity contribution in [1.29, 1.82) is 0 Å². The summed E-state index contributed by atoms with van der Waals surface area (Å²) in [5.41, 5.74) is 13.3. The van der Waals surface area contributed by atoms with Crippen molar-refractivity contribution in [3.05, 3.63) is 75.3 Å². The Morgan fingerprint density at radius 3 is 2.29 bits per heavy atom. The molecule has 0 aliphatic heterocycles. The van der Waals surface area contributed by atoms with Crippen molar-refractivity contribution >= 4 is 52.2 Å². The zero-order valence-corrected chi connectivity index (χ0v) is 20.7.